The van der Waals surface area contributed by atoms with Crippen LogP contribution < -0.4 is 5.32 Å². The van der Waals surface area contributed by atoms with Gasteiger partial charge >= 0.3 is 0 Å². The van der Waals surface area contributed by atoms with Gasteiger partial charge in [0.2, 0.25) is 0 Å². The molecule has 3 N–H and O–H groups in total. The summed E-state index contributed by atoms with van der Waals surface area (Å²) in [6, 6.07) is 0. The van der Waals surface area contributed by atoms with Crippen molar-refractivity contribution in [1.82, 2.24) is 5.32 Å². The summed E-state index contributed by atoms with van der Waals surface area (Å²) in [5.74, 6) is 0. The topological polar surface area (TPSA) is 52.5 Å². The van der Waals surface area contributed by atoms with Gasteiger partial charge in [0.05, 0.1) is 0 Å². The molecule has 0 bridgehead atoms. The van der Waals surface area contributed by atoms with Crippen LogP contribution in [0.25, 0.3) is 0 Å². The fourth-order valence-electron chi connectivity index (χ4n) is 2.25. The van der Waals surface area contributed by atoms with Crippen LogP contribution in [0, 0.1) is 0 Å². The van der Waals surface area contributed by atoms with E-state index in [9.17, 15) is 10.2 Å². The summed E-state index contributed by atoms with van der Waals surface area (Å²) < 4.78 is 0. The summed E-state index contributed by atoms with van der Waals surface area (Å²) in [6.45, 7) is 2.15. The first-order chi connectivity index (χ1) is 7.16. The average Bonchev–Trinajstić information content (AvgIpc) is 2.18. The van der Waals surface area contributed by atoms with E-state index in [1.54, 1.807) is 0 Å². The third kappa shape index (κ3) is 4.96. The highest BCUT2D eigenvalue weighted by atomic mass is 16.3. The molecule has 15 heavy (non-hydrogen) atoms. The molecule has 3 nitrogen and oxygen atoms in total. The van der Waals surface area contributed by atoms with E-state index < -0.39 is 12.0 Å². The van der Waals surface area contributed by atoms with E-state index in [1.807, 2.05) is 0 Å². The van der Waals surface area contributed by atoms with Gasteiger partial charge in [-0.05, 0) is 38.5 Å². The molecule has 1 saturated carbocycles. The first kappa shape index (κ1) is 12.9. The van der Waals surface area contributed by atoms with Crippen LogP contribution in [0.1, 0.15) is 64.7 Å². The van der Waals surface area contributed by atoms with Gasteiger partial charge in [-0.25, -0.2) is 0 Å². The van der Waals surface area contributed by atoms with Crippen molar-refractivity contribution in [2.75, 3.05) is 0 Å². The minimum absolute atomic E-state index is 0.542. The van der Waals surface area contributed by atoms with Gasteiger partial charge in [-0.1, -0.05) is 26.2 Å². The van der Waals surface area contributed by atoms with Crippen LogP contribution in [0.5, 0.6) is 0 Å². The van der Waals surface area contributed by atoms with Gasteiger partial charge in [0.25, 0.3) is 0 Å². The van der Waals surface area contributed by atoms with Gasteiger partial charge in [0.15, 0.2) is 0 Å². The minimum Gasteiger partial charge on any atom is -0.379 e. The Morgan fingerprint density at radius 3 is 2.47 bits per heavy atom. The molecule has 1 rings (SSSR count). The molecule has 1 atom stereocenters. The van der Waals surface area contributed by atoms with Crippen LogP contribution >= 0.6 is 0 Å². The molecule has 0 aromatic carbocycles. The van der Waals surface area contributed by atoms with Crippen LogP contribution in [0.2, 0.25) is 0 Å². The zero-order valence-electron chi connectivity index (χ0n) is 9.84. The first-order valence-electron chi connectivity index (χ1n) is 6.34. The van der Waals surface area contributed by atoms with Gasteiger partial charge in [-0.15, -0.1) is 0 Å². The summed E-state index contributed by atoms with van der Waals surface area (Å²) in [4.78, 5) is 0. The molecule has 1 aliphatic rings. The molecule has 0 heterocycles. The number of hydrogen-bond donors (Lipinski definition) is 3. The Hall–Kier alpha value is -0.120. The molecule has 0 saturated heterocycles. The maximum absolute atomic E-state index is 10.1. The van der Waals surface area contributed by atoms with E-state index in [1.165, 1.54) is 6.42 Å². The second-order valence-electron chi connectivity index (χ2n) is 4.75. The number of rotatable bonds is 6. The molecule has 90 valence electrons. The first-order valence-corrected chi connectivity index (χ1v) is 6.34. The Morgan fingerprint density at radius 1 is 1.20 bits per heavy atom. The lowest BCUT2D eigenvalue weighted by atomic mass is 9.91. The summed E-state index contributed by atoms with van der Waals surface area (Å²) in [7, 11) is 0. The van der Waals surface area contributed by atoms with Crippen molar-refractivity contribution in [3.05, 3.63) is 0 Å². The molecule has 0 spiro atoms. The third-order valence-electron chi connectivity index (χ3n) is 3.20. The number of aliphatic hydroxyl groups excluding tert-OH is 1. The number of nitrogens with one attached hydrogen (secondary N) is 1. The Balaban J connectivity index is 2.20. The summed E-state index contributed by atoms with van der Waals surface area (Å²) in [5.41, 5.74) is -0.802. The fourth-order valence-corrected chi connectivity index (χ4v) is 2.25. The largest absolute Gasteiger partial charge is 0.379 e. The van der Waals surface area contributed by atoms with Crippen molar-refractivity contribution >= 4 is 0 Å². The van der Waals surface area contributed by atoms with Gasteiger partial charge in [-0.2, -0.15) is 0 Å². The molecule has 0 aromatic rings. The number of aliphatic hydroxyl groups is 2. The van der Waals surface area contributed by atoms with E-state index >= 15 is 0 Å². The molecular weight excluding hydrogens is 190 g/mol. The van der Waals surface area contributed by atoms with Gasteiger partial charge in [0.1, 0.15) is 12.0 Å². The van der Waals surface area contributed by atoms with Crippen molar-refractivity contribution in [2.45, 2.75) is 76.7 Å². The summed E-state index contributed by atoms with van der Waals surface area (Å²) >= 11 is 0. The van der Waals surface area contributed by atoms with Crippen LogP contribution in [0.4, 0.5) is 0 Å². The lowest BCUT2D eigenvalue weighted by Crippen LogP contribution is -2.51. The van der Waals surface area contributed by atoms with Gasteiger partial charge < -0.3 is 10.2 Å². The molecular formula is C12H25NO2. The molecule has 0 aliphatic heterocycles. The van der Waals surface area contributed by atoms with E-state index in [4.69, 9.17) is 0 Å². The third-order valence-corrected chi connectivity index (χ3v) is 3.20. The van der Waals surface area contributed by atoms with Gasteiger partial charge in [-0.3, -0.25) is 5.32 Å². The highest BCUT2D eigenvalue weighted by Crippen LogP contribution is 2.26. The Kier molecular flexibility index (Phi) is 5.58. The van der Waals surface area contributed by atoms with Gasteiger partial charge in [0, 0.05) is 0 Å². The Morgan fingerprint density at radius 2 is 1.87 bits per heavy atom. The Labute approximate surface area is 92.9 Å². The minimum atomic E-state index is -0.802. The Bertz CT molecular complexity index is 167. The lowest BCUT2D eigenvalue weighted by molar-refractivity contribution is -0.0724. The average molecular weight is 215 g/mol. The monoisotopic (exact) mass is 215 g/mol. The maximum Gasteiger partial charge on any atom is 0.117 e. The molecule has 0 radical (unpaired) electrons. The SMILES string of the molecule is CCCCCC(O)NC1(O)CCCCC1. The predicted octanol–water partition coefficient (Wildman–Crippen LogP) is 2.13. The normalized spacial score (nSPS) is 22.6. The zero-order chi connectivity index (χ0) is 11.1. The predicted molar refractivity (Wildman–Crippen MR) is 61.3 cm³/mol. The summed E-state index contributed by atoms with van der Waals surface area (Å²) in [5, 5.41) is 22.8. The van der Waals surface area contributed by atoms with Crippen molar-refractivity contribution < 1.29 is 10.2 Å². The van der Waals surface area contributed by atoms with Crippen molar-refractivity contribution in [3.63, 3.8) is 0 Å². The second kappa shape index (κ2) is 6.46. The number of unbranched alkanes of at least 4 members (excludes halogenated alkanes) is 2. The molecule has 0 amide bonds. The molecule has 0 aromatic heterocycles. The summed E-state index contributed by atoms with van der Waals surface area (Å²) in [6.07, 6.45) is 8.42. The highest BCUT2D eigenvalue weighted by Gasteiger charge is 2.30. The van der Waals surface area contributed by atoms with E-state index in [2.05, 4.69) is 12.2 Å². The van der Waals surface area contributed by atoms with Crippen molar-refractivity contribution in [1.29, 1.82) is 0 Å². The molecule has 1 unspecified atom stereocenters. The van der Waals surface area contributed by atoms with Crippen LogP contribution in [0.15, 0.2) is 0 Å². The second-order valence-corrected chi connectivity index (χ2v) is 4.75. The zero-order valence-corrected chi connectivity index (χ0v) is 9.84. The van der Waals surface area contributed by atoms with Crippen LogP contribution in [-0.2, 0) is 0 Å². The molecule has 3 heteroatoms. The van der Waals surface area contributed by atoms with Crippen LogP contribution in [-0.4, -0.2) is 22.2 Å². The lowest BCUT2D eigenvalue weighted by Gasteiger charge is -2.35. The van der Waals surface area contributed by atoms with Crippen LogP contribution in [0.3, 0.4) is 0 Å². The van der Waals surface area contributed by atoms with E-state index in [-0.39, 0.29) is 0 Å². The van der Waals surface area contributed by atoms with E-state index in [0.717, 1.165) is 51.4 Å². The van der Waals surface area contributed by atoms with Crippen molar-refractivity contribution in [3.8, 4) is 0 Å². The maximum atomic E-state index is 10.1. The van der Waals surface area contributed by atoms with E-state index in [0.29, 0.717) is 0 Å². The quantitative estimate of drug-likeness (QED) is 0.470. The fraction of sp³-hybridized carbons (Fsp3) is 1.00. The highest BCUT2D eigenvalue weighted by molar-refractivity contribution is 4.80. The number of hydrogen-bond acceptors (Lipinski definition) is 3. The smallest absolute Gasteiger partial charge is 0.117 e. The standard InChI is InChI=1S/C12H25NO2/c1-2-3-5-8-11(14)13-12(15)9-6-4-7-10-12/h11,13-15H,2-10H2,1H3. The molecule has 1 aliphatic carbocycles. The van der Waals surface area contributed by atoms with Crippen molar-refractivity contribution in [2.24, 2.45) is 0 Å². The molecule has 1 fully saturated rings.